The number of urea groups is 1. The van der Waals surface area contributed by atoms with Crippen LogP contribution in [0.1, 0.15) is 0 Å². The summed E-state index contributed by atoms with van der Waals surface area (Å²) in [6.07, 6.45) is 0. The van der Waals surface area contributed by atoms with Crippen molar-refractivity contribution < 1.29 is 4.79 Å². The van der Waals surface area contributed by atoms with Gasteiger partial charge in [0.15, 0.2) is 0 Å². The van der Waals surface area contributed by atoms with E-state index < -0.39 is 0 Å². The Morgan fingerprint density at radius 1 is 0.500 bits per heavy atom. The zero-order valence-corrected chi connectivity index (χ0v) is 15.1. The Bertz CT molecular complexity index is 1280. The van der Waals surface area contributed by atoms with E-state index in [-0.39, 0.29) is 6.03 Å². The molecule has 2 amide bonds. The number of para-hydroxylation sites is 1. The summed E-state index contributed by atoms with van der Waals surface area (Å²) in [6.45, 7) is 0. The maximum Gasteiger partial charge on any atom is 0.323 e. The van der Waals surface area contributed by atoms with Crippen LogP contribution < -0.4 is 10.6 Å². The van der Waals surface area contributed by atoms with Gasteiger partial charge in [0.25, 0.3) is 0 Å². The first kappa shape index (κ1) is 16.3. The molecule has 0 saturated carbocycles. The van der Waals surface area contributed by atoms with Crippen LogP contribution in [0.2, 0.25) is 0 Å². The molecule has 134 valence electrons. The normalized spacial score (nSPS) is 11.0. The SMILES string of the molecule is O=C(Nc1ccccc1)Nc1cccc2c3ccccc3c3ccccc3c12. The summed E-state index contributed by atoms with van der Waals surface area (Å²) in [6, 6.07) is 32.0. The van der Waals surface area contributed by atoms with Crippen LogP contribution in [0, 0.1) is 0 Å². The van der Waals surface area contributed by atoms with Gasteiger partial charge in [-0.15, -0.1) is 0 Å². The quantitative estimate of drug-likeness (QED) is 0.333. The van der Waals surface area contributed by atoms with E-state index in [2.05, 4.69) is 59.2 Å². The van der Waals surface area contributed by atoms with Crippen LogP contribution in [0.25, 0.3) is 32.3 Å². The van der Waals surface area contributed by atoms with Crippen molar-refractivity contribution in [2.24, 2.45) is 0 Å². The molecule has 0 aliphatic carbocycles. The molecule has 0 aliphatic rings. The van der Waals surface area contributed by atoms with Gasteiger partial charge >= 0.3 is 6.03 Å². The molecule has 5 aromatic rings. The molecule has 5 aromatic carbocycles. The highest BCUT2D eigenvalue weighted by Gasteiger charge is 2.12. The average Bonchev–Trinajstić information content (AvgIpc) is 2.74. The van der Waals surface area contributed by atoms with E-state index in [1.807, 2.05) is 48.5 Å². The van der Waals surface area contributed by atoms with Crippen molar-refractivity contribution in [2.75, 3.05) is 10.6 Å². The fraction of sp³-hybridized carbons (Fsp3) is 0. The lowest BCUT2D eigenvalue weighted by molar-refractivity contribution is 0.262. The van der Waals surface area contributed by atoms with Crippen molar-refractivity contribution in [2.45, 2.75) is 0 Å². The maximum absolute atomic E-state index is 12.6. The first-order chi connectivity index (χ1) is 13.8. The lowest BCUT2D eigenvalue weighted by atomic mass is 9.93. The molecule has 0 bridgehead atoms. The Labute approximate surface area is 162 Å². The van der Waals surface area contributed by atoms with Gasteiger partial charge in [0.1, 0.15) is 0 Å². The summed E-state index contributed by atoms with van der Waals surface area (Å²) in [5, 5.41) is 12.8. The lowest BCUT2D eigenvalue weighted by Crippen LogP contribution is -2.19. The number of carbonyl (C=O) groups excluding carboxylic acids is 1. The van der Waals surface area contributed by atoms with E-state index in [1.54, 1.807) is 0 Å². The summed E-state index contributed by atoms with van der Waals surface area (Å²) in [7, 11) is 0. The van der Waals surface area contributed by atoms with E-state index in [0.29, 0.717) is 0 Å². The van der Waals surface area contributed by atoms with Gasteiger partial charge in [-0.05, 0) is 45.1 Å². The Morgan fingerprint density at radius 3 is 1.64 bits per heavy atom. The molecular weight excluding hydrogens is 344 g/mol. The standard InChI is InChI=1S/C25H18N2O/c28-25(26-17-9-2-1-3-10-17)27-23-16-8-15-22-20-12-5-4-11-18(20)19-13-6-7-14-21(19)24(22)23/h1-16H,(H2,26,27,28). The average molecular weight is 362 g/mol. The van der Waals surface area contributed by atoms with Crippen LogP contribution in [0.15, 0.2) is 97.1 Å². The summed E-state index contributed by atoms with van der Waals surface area (Å²) in [5.41, 5.74) is 1.56. The minimum absolute atomic E-state index is 0.254. The molecule has 0 aromatic heterocycles. The molecule has 0 heterocycles. The number of rotatable bonds is 2. The highest BCUT2D eigenvalue weighted by molar-refractivity contribution is 6.29. The monoisotopic (exact) mass is 362 g/mol. The molecule has 0 atom stereocenters. The van der Waals surface area contributed by atoms with Gasteiger partial charge in [-0.1, -0.05) is 78.9 Å². The second-order valence-electron chi connectivity index (χ2n) is 6.76. The van der Waals surface area contributed by atoms with Crippen molar-refractivity contribution in [1.82, 2.24) is 0 Å². The first-order valence-corrected chi connectivity index (χ1v) is 9.26. The van der Waals surface area contributed by atoms with E-state index >= 15 is 0 Å². The van der Waals surface area contributed by atoms with Crippen molar-refractivity contribution in [3.8, 4) is 0 Å². The number of amides is 2. The third-order valence-electron chi connectivity index (χ3n) is 5.05. The van der Waals surface area contributed by atoms with Gasteiger partial charge in [0.05, 0.1) is 5.69 Å². The number of benzene rings is 5. The molecule has 3 heteroatoms. The Hall–Kier alpha value is -3.85. The van der Waals surface area contributed by atoms with Gasteiger partial charge < -0.3 is 10.6 Å². The molecule has 2 N–H and O–H groups in total. The largest absolute Gasteiger partial charge is 0.323 e. The van der Waals surface area contributed by atoms with E-state index in [9.17, 15) is 4.79 Å². The minimum atomic E-state index is -0.254. The minimum Gasteiger partial charge on any atom is -0.308 e. The second-order valence-corrected chi connectivity index (χ2v) is 6.76. The molecule has 28 heavy (non-hydrogen) atoms. The fourth-order valence-electron chi connectivity index (χ4n) is 3.87. The second kappa shape index (κ2) is 6.71. The van der Waals surface area contributed by atoms with Crippen LogP contribution in [0.4, 0.5) is 16.2 Å². The summed E-state index contributed by atoms with van der Waals surface area (Å²) >= 11 is 0. The van der Waals surface area contributed by atoms with E-state index in [0.717, 1.165) is 27.5 Å². The predicted octanol–water partition coefficient (Wildman–Crippen LogP) is 6.79. The van der Waals surface area contributed by atoms with Crippen LogP contribution in [-0.4, -0.2) is 6.03 Å². The highest BCUT2D eigenvalue weighted by Crippen LogP contribution is 2.38. The van der Waals surface area contributed by atoms with Gasteiger partial charge in [0, 0.05) is 11.1 Å². The number of carbonyl (C=O) groups is 1. The highest BCUT2D eigenvalue weighted by atomic mass is 16.2. The fourth-order valence-corrected chi connectivity index (χ4v) is 3.87. The van der Waals surface area contributed by atoms with E-state index in [1.165, 1.54) is 16.2 Å². The van der Waals surface area contributed by atoms with Gasteiger partial charge in [-0.2, -0.15) is 0 Å². The summed E-state index contributed by atoms with van der Waals surface area (Å²) in [4.78, 5) is 12.6. The van der Waals surface area contributed by atoms with Crippen LogP contribution in [-0.2, 0) is 0 Å². The predicted molar refractivity (Wildman–Crippen MR) is 118 cm³/mol. The first-order valence-electron chi connectivity index (χ1n) is 9.26. The molecule has 5 rings (SSSR count). The van der Waals surface area contributed by atoms with Crippen molar-refractivity contribution in [3.63, 3.8) is 0 Å². The van der Waals surface area contributed by atoms with Crippen molar-refractivity contribution in [1.29, 1.82) is 0 Å². The van der Waals surface area contributed by atoms with Gasteiger partial charge in [-0.3, -0.25) is 0 Å². The molecule has 0 unspecified atom stereocenters. The number of hydrogen-bond donors (Lipinski definition) is 2. The van der Waals surface area contributed by atoms with E-state index in [4.69, 9.17) is 0 Å². The maximum atomic E-state index is 12.6. The zero-order valence-electron chi connectivity index (χ0n) is 15.1. The number of nitrogens with one attached hydrogen (secondary N) is 2. The van der Waals surface area contributed by atoms with Crippen LogP contribution >= 0.6 is 0 Å². The Morgan fingerprint density at radius 2 is 1.00 bits per heavy atom. The number of hydrogen-bond acceptors (Lipinski definition) is 1. The van der Waals surface area contributed by atoms with Crippen LogP contribution in [0.3, 0.4) is 0 Å². The summed E-state index contributed by atoms with van der Waals surface area (Å²) < 4.78 is 0. The topological polar surface area (TPSA) is 41.1 Å². The van der Waals surface area contributed by atoms with Gasteiger partial charge in [0.2, 0.25) is 0 Å². The summed E-state index contributed by atoms with van der Waals surface area (Å²) in [5.74, 6) is 0. The number of fused-ring (bicyclic) bond motifs is 6. The number of anilines is 2. The molecular formula is C25H18N2O. The molecule has 0 spiro atoms. The molecule has 0 saturated heterocycles. The third-order valence-corrected chi connectivity index (χ3v) is 5.05. The smallest absolute Gasteiger partial charge is 0.308 e. The molecule has 0 radical (unpaired) electrons. The Kier molecular flexibility index (Phi) is 3.91. The van der Waals surface area contributed by atoms with Crippen LogP contribution in [0.5, 0.6) is 0 Å². The van der Waals surface area contributed by atoms with Gasteiger partial charge in [-0.25, -0.2) is 4.79 Å². The van der Waals surface area contributed by atoms with Crippen molar-refractivity contribution in [3.05, 3.63) is 97.1 Å². The molecule has 0 fully saturated rings. The Balaban J connectivity index is 1.69. The zero-order chi connectivity index (χ0) is 18.9. The third kappa shape index (κ3) is 2.74. The van der Waals surface area contributed by atoms with Crippen molar-refractivity contribution >= 4 is 49.7 Å². The molecule has 3 nitrogen and oxygen atoms in total. The molecule has 0 aliphatic heterocycles. The lowest BCUT2D eigenvalue weighted by Gasteiger charge is -2.15.